The first kappa shape index (κ1) is 19.9. The van der Waals surface area contributed by atoms with Crippen LogP contribution in [0.15, 0.2) is 24.5 Å². The van der Waals surface area contributed by atoms with Gasteiger partial charge in [0.1, 0.15) is 5.69 Å². The number of pyridine rings is 1. The van der Waals surface area contributed by atoms with Crippen molar-refractivity contribution in [2.24, 2.45) is 7.05 Å². The van der Waals surface area contributed by atoms with Crippen molar-refractivity contribution in [3.05, 3.63) is 35.8 Å². The van der Waals surface area contributed by atoms with E-state index in [-0.39, 0.29) is 17.5 Å². The molecule has 1 fully saturated rings. The topological polar surface area (TPSA) is 101 Å². The summed E-state index contributed by atoms with van der Waals surface area (Å²) in [6.07, 6.45) is 5.15. The number of hydrogen-bond donors (Lipinski definition) is 1. The molecule has 158 valence electrons. The molecule has 3 aromatic heterocycles. The summed E-state index contributed by atoms with van der Waals surface area (Å²) >= 11 is 0. The van der Waals surface area contributed by atoms with E-state index in [0.29, 0.717) is 35.9 Å². The lowest BCUT2D eigenvalue weighted by Gasteiger charge is -2.15. The first-order valence-electron chi connectivity index (χ1n) is 10.3. The van der Waals surface area contributed by atoms with Crippen molar-refractivity contribution in [2.75, 3.05) is 36.4 Å². The second-order valence-electron chi connectivity index (χ2n) is 7.29. The summed E-state index contributed by atoms with van der Waals surface area (Å²) in [5.74, 6) is 0.107. The molecule has 1 saturated heterocycles. The third kappa shape index (κ3) is 3.60. The first-order valence-corrected chi connectivity index (χ1v) is 10.3. The molecule has 0 saturated carbocycles. The number of carbonyl (C=O) groups excluding carboxylic acids is 2. The average Bonchev–Trinajstić information content (AvgIpc) is 3.47. The number of nitrogens with zero attached hydrogens (tertiary/aromatic N) is 7. The average molecular weight is 410 g/mol. The minimum atomic E-state index is -0.388. The van der Waals surface area contributed by atoms with Gasteiger partial charge < -0.3 is 15.1 Å². The summed E-state index contributed by atoms with van der Waals surface area (Å²) in [6, 6.07) is 3.57. The molecule has 0 aliphatic carbocycles. The minimum Gasteiger partial charge on any atom is -0.340 e. The number of anilines is 2. The predicted octanol–water partition coefficient (Wildman–Crippen LogP) is 1.80. The lowest BCUT2D eigenvalue weighted by Crippen LogP contribution is -2.30. The molecule has 1 aliphatic heterocycles. The molecule has 0 atom stereocenters. The third-order valence-electron chi connectivity index (χ3n) is 5.40. The Morgan fingerprint density at radius 3 is 2.60 bits per heavy atom. The molecule has 0 unspecified atom stereocenters. The van der Waals surface area contributed by atoms with Gasteiger partial charge in [0.15, 0.2) is 5.65 Å². The molecule has 1 aliphatic rings. The normalized spacial score (nSPS) is 13.8. The van der Waals surface area contributed by atoms with Crippen LogP contribution < -0.4 is 10.2 Å². The fourth-order valence-corrected chi connectivity index (χ4v) is 3.73. The Morgan fingerprint density at radius 2 is 1.90 bits per heavy atom. The molecule has 3 aromatic rings. The van der Waals surface area contributed by atoms with Crippen LogP contribution in [0.1, 0.15) is 47.5 Å². The van der Waals surface area contributed by atoms with Crippen molar-refractivity contribution >= 4 is 29.1 Å². The van der Waals surface area contributed by atoms with Gasteiger partial charge in [-0.25, -0.2) is 4.52 Å². The van der Waals surface area contributed by atoms with Crippen LogP contribution in [-0.2, 0) is 7.05 Å². The largest absolute Gasteiger partial charge is 0.340 e. The highest BCUT2D eigenvalue weighted by atomic mass is 16.2. The van der Waals surface area contributed by atoms with E-state index in [2.05, 4.69) is 39.2 Å². The number of aryl methyl sites for hydroxylation is 1. The Kier molecular flexibility index (Phi) is 5.39. The zero-order valence-electron chi connectivity index (χ0n) is 17.5. The van der Waals surface area contributed by atoms with Gasteiger partial charge in [-0.3, -0.25) is 14.3 Å². The van der Waals surface area contributed by atoms with Crippen molar-refractivity contribution in [2.45, 2.75) is 26.7 Å². The standard InChI is InChI=1S/C20H26N8O2/c1-4-26(5-2)20-23-16-9-8-14(13-28(16)24-20)22-18(29)17-15(12-21-25(17)3)19(30)27-10-6-7-11-27/h8-9,12-13H,4-7,10-11H2,1-3H3,(H,22,29). The van der Waals surface area contributed by atoms with Crippen LogP contribution in [0.3, 0.4) is 0 Å². The molecule has 0 aromatic carbocycles. The van der Waals surface area contributed by atoms with Gasteiger partial charge in [-0.2, -0.15) is 10.1 Å². The van der Waals surface area contributed by atoms with E-state index in [1.807, 2.05) is 0 Å². The number of fused-ring (bicyclic) bond motifs is 1. The highest BCUT2D eigenvalue weighted by Crippen LogP contribution is 2.19. The quantitative estimate of drug-likeness (QED) is 0.665. The number of likely N-dealkylation sites (tertiary alicyclic amines) is 1. The Labute approximate surface area is 174 Å². The van der Waals surface area contributed by atoms with Gasteiger partial charge in [-0.15, -0.1) is 5.10 Å². The number of amides is 2. The SMILES string of the molecule is CCN(CC)c1nc2ccc(NC(=O)c3c(C(=O)N4CCCC4)cnn3C)cn2n1. The van der Waals surface area contributed by atoms with Gasteiger partial charge >= 0.3 is 0 Å². The van der Waals surface area contributed by atoms with Crippen molar-refractivity contribution in [3.63, 3.8) is 0 Å². The van der Waals surface area contributed by atoms with Crippen molar-refractivity contribution < 1.29 is 9.59 Å². The van der Waals surface area contributed by atoms with E-state index >= 15 is 0 Å². The molecule has 0 spiro atoms. The lowest BCUT2D eigenvalue weighted by molar-refractivity contribution is 0.0787. The molecule has 30 heavy (non-hydrogen) atoms. The van der Waals surface area contributed by atoms with E-state index in [1.165, 1.54) is 10.9 Å². The van der Waals surface area contributed by atoms with Gasteiger partial charge in [0.2, 0.25) is 5.95 Å². The van der Waals surface area contributed by atoms with E-state index in [4.69, 9.17) is 0 Å². The van der Waals surface area contributed by atoms with Crippen LogP contribution in [0.25, 0.3) is 5.65 Å². The maximum absolute atomic E-state index is 13.0. The Balaban J connectivity index is 1.57. The summed E-state index contributed by atoms with van der Waals surface area (Å²) < 4.78 is 3.08. The highest BCUT2D eigenvalue weighted by Gasteiger charge is 2.27. The molecule has 1 N–H and O–H groups in total. The summed E-state index contributed by atoms with van der Waals surface area (Å²) in [4.78, 5) is 34.1. The Hall–Kier alpha value is -3.43. The van der Waals surface area contributed by atoms with Crippen LogP contribution in [0.2, 0.25) is 0 Å². The number of carbonyl (C=O) groups is 2. The molecular weight excluding hydrogens is 384 g/mol. The second-order valence-corrected chi connectivity index (χ2v) is 7.29. The summed E-state index contributed by atoms with van der Waals surface area (Å²) in [6.45, 7) is 7.15. The highest BCUT2D eigenvalue weighted by molar-refractivity contribution is 6.11. The Bertz CT molecular complexity index is 1080. The lowest BCUT2D eigenvalue weighted by atomic mass is 10.2. The molecule has 10 nitrogen and oxygen atoms in total. The second kappa shape index (κ2) is 8.13. The zero-order chi connectivity index (χ0) is 21.3. The third-order valence-corrected chi connectivity index (χ3v) is 5.40. The van der Waals surface area contributed by atoms with Crippen molar-refractivity contribution in [1.29, 1.82) is 0 Å². The maximum Gasteiger partial charge on any atom is 0.274 e. The van der Waals surface area contributed by atoms with Gasteiger partial charge in [0.05, 0.1) is 23.6 Å². The fourth-order valence-electron chi connectivity index (χ4n) is 3.73. The van der Waals surface area contributed by atoms with Gasteiger partial charge in [0, 0.05) is 33.2 Å². The van der Waals surface area contributed by atoms with Crippen molar-refractivity contribution in [1.82, 2.24) is 29.3 Å². The maximum atomic E-state index is 13.0. The minimum absolute atomic E-state index is 0.152. The van der Waals surface area contributed by atoms with Crippen LogP contribution >= 0.6 is 0 Å². The van der Waals surface area contributed by atoms with Gasteiger partial charge in [-0.05, 0) is 38.8 Å². The molecule has 4 heterocycles. The molecule has 10 heteroatoms. The van der Waals surface area contributed by atoms with Crippen LogP contribution in [0.4, 0.5) is 11.6 Å². The molecule has 0 radical (unpaired) electrons. The van der Waals surface area contributed by atoms with E-state index < -0.39 is 0 Å². The number of aromatic nitrogens is 5. The van der Waals surface area contributed by atoms with Crippen LogP contribution in [0, 0.1) is 0 Å². The first-order chi connectivity index (χ1) is 14.5. The van der Waals surface area contributed by atoms with E-state index in [9.17, 15) is 9.59 Å². The number of hydrogen-bond acceptors (Lipinski definition) is 6. The van der Waals surface area contributed by atoms with Crippen molar-refractivity contribution in [3.8, 4) is 0 Å². The van der Waals surface area contributed by atoms with Crippen LogP contribution in [0.5, 0.6) is 0 Å². The summed E-state index contributed by atoms with van der Waals surface area (Å²) in [5.41, 5.74) is 1.82. The van der Waals surface area contributed by atoms with Gasteiger partial charge in [-0.1, -0.05) is 0 Å². The monoisotopic (exact) mass is 410 g/mol. The molecule has 4 rings (SSSR count). The van der Waals surface area contributed by atoms with E-state index in [0.717, 1.165) is 25.9 Å². The number of nitrogens with one attached hydrogen (secondary N) is 1. The Morgan fingerprint density at radius 1 is 1.17 bits per heavy atom. The zero-order valence-corrected chi connectivity index (χ0v) is 17.5. The van der Waals surface area contributed by atoms with E-state index in [1.54, 1.807) is 34.8 Å². The number of rotatable bonds is 6. The molecule has 0 bridgehead atoms. The molecule has 2 amide bonds. The van der Waals surface area contributed by atoms with Crippen LogP contribution in [-0.4, -0.2) is 67.3 Å². The molecular formula is C20H26N8O2. The van der Waals surface area contributed by atoms with Gasteiger partial charge in [0.25, 0.3) is 11.8 Å². The fraction of sp³-hybridized carbons (Fsp3) is 0.450. The predicted molar refractivity (Wildman–Crippen MR) is 113 cm³/mol. The summed E-state index contributed by atoms with van der Waals surface area (Å²) in [7, 11) is 1.66. The summed E-state index contributed by atoms with van der Waals surface area (Å²) in [5, 5.41) is 11.5. The smallest absolute Gasteiger partial charge is 0.274 e.